The van der Waals surface area contributed by atoms with Crippen molar-refractivity contribution in [2.45, 2.75) is 5.09 Å². The van der Waals surface area contributed by atoms with Crippen LogP contribution in [0.5, 0.6) is 0 Å². The van der Waals surface area contributed by atoms with E-state index in [1.54, 1.807) is 23.9 Å². The molecule has 2 rings (SSSR count). The minimum atomic E-state index is -0.524. The second-order valence-corrected chi connectivity index (χ2v) is 4.22. The third kappa shape index (κ3) is 2.10. The number of hydrogen-bond donors (Lipinski definition) is 1. The predicted molar refractivity (Wildman–Crippen MR) is 52.3 cm³/mol. The molecule has 1 amide bonds. The van der Waals surface area contributed by atoms with Crippen molar-refractivity contribution < 1.29 is 13.9 Å². The molecule has 76 valence electrons. The van der Waals surface area contributed by atoms with Crippen LogP contribution in [0.15, 0.2) is 21.6 Å². The molecule has 0 aliphatic carbocycles. The van der Waals surface area contributed by atoms with Crippen molar-refractivity contribution in [2.75, 3.05) is 19.0 Å². The first-order chi connectivity index (χ1) is 6.75. The summed E-state index contributed by atoms with van der Waals surface area (Å²) in [5, 5.41) is 0.741. The first-order valence-electron chi connectivity index (χ1n) is 4.36. The van der Waals surface area contributed by atoms with E-state index in [0.29, 0.717) is 5.92 Å². The quantitative estimate of drug-likeness (QED) is 0.761. The van der Waals surface area contributed by atoms with Gasteiger partial charge in [0.1, 0.15) is 0 Å². The lowest BCUT2D eigenvalue weighted by Gasteiger charge is -2.24. The number of rotatable bonds is 4. The lowest BCUT2D eigenvalue weighted by atomic mass is 10.1. The predicted octanol–water partition coefficient (Wildman–Crippen LogP) is 1.12. The number of carbonyl (C=O) groups excluding carboxylic acids is 1. The molecule has 4 nitrogen and oxygen atoms in total. The van der Waals surface area contributed by atoms with Crippen LogP contribution < -0.4 is 5.73 Å². The Morgan fingerprint density at radius 2 is 2.36 bits per heavy atom. The fraction of sp³-hybridized carbons (Fsp3) is 0.444. The van der Waals surface area contributed by atoms with E-state index >= 15 is 0 Å². The average molecular weight is 213 g/mol. The molecule has 0 saturated carbocycles. The zero-order valence-electron chi connectivity index (χ0n) is 7.56. The van der Waals surface area contributed by atoms with Crippen LogP contribution in [0.1, 0.15) is 10.6 Å². The highest BCUT2D eigenvalue weighted by atomic mass is 32.2. The maximum Gasteiger partial charge on any atom is 0.284 e. The van der Waals surface area contributed by atoms with Gasteiger partial charge < -0.3 is 14.9 Å². The molecular formula is C9H11NO3S. The molecule has 0 bridgehead atoms. The van der Waals surface area contributed by atoms with Crippen molar-refractivity contribution in [1.29, 1.82) is 0 Å². The van der Waals surface area contributed by atoms with Crippen LogP contribution >= 0.6 is 11.8 Å². The minimum Gasteiger partial charge on any atom is -0.445 e. The first-order valence-corrected chi connectivity index (χ1v) is 5.34. The van der Waals surface area contributed by atoms with Crippen LogP contribution in [0, 0.1) is 5.92 Å². The number of primary amides is 1. The second-order valence-electron chi connectivity index (χ2n) is 3.20. The molecule has 1 fully saturated rings. The van der Waals surface area contributed by atoms with Crippen molar-refractivity contribution >= 4 is 17.7 Å². The number of hydrogen-bond acceptors (Lipinski definition) is 4. The van der Waals surface area contributed by atoms with Gasteiger partial charge in [-0.3, -0.25) is 4.79 Å². The minimum absolute atomic E-state index is 0.220. The normalized spacial score (nSPS) is 16.6. The van der Waals surface area contributed by atoms with E-state index in [-0.39, 0.29) is 5.76 Å². The summed E-state index contributed by atoms with van der Waals surface area (Å²) < 4.78 is 10.3. The topological polar surface area (TPSA) is 65.5 Å². The van der Waals surface area contributed by atoms with Crippen molar-refractivity contribution in [3.8, 4) is 0 Å². The van der Waals surface area contributed by atoms with E-state index in [2.05, 4.69) is 0 Å². The molecule has 1 aliphatic heterocycles. The Kier molecular flexibility index (Phi) is 2.79. The maximum absolute atomic E-state index is 10.7. The van der Waals surface area contributed by atoms with E-state index in [1.165, 1.54) is 0 Å². The van der Waals surface area contributed by atoms with E-state index in [4.69, 9.17) is 14.9 Å². The number of ether oxygens (including phenoxy) is 1. The van der Waals surface area contributed by atoms with Crippen molar-refractivity contribution in [1.82, 2.24) is 0 Å². The van der Waals surface area contributed by atoms with Crippen LogP contribution in [0.4, 0.5) is 0 Å². The zero-order chi connectivity index (χ0) is 9.97. The largest absolute Gasteiger partial charge is 0.445 e. The van der Waals surface area contributed by atoms with Crippen LogP contribution in [-0.4, -0.2) is 24.9 Å². The van der Waals surface area contributed by atoms with E-state index in [0.717, 1.165) is 24.1 Å². The summed E-state index contributed by atoms with van der Waals surface area (Å²) in [6.07, 6.45) is 0. The third-order valence-electron chi connectivity index (χ3n) is 1.99. The Morgan fingerprint density at radius 1 is 1.57 bits per heavy atom. The smallest absolute Gasteiger partial charge is 0.284 e. The van der Waals surface area contributed by atoms with E-state index in [1.807, 2.05) is 0 Å². The Morgan fingerprint density at radius 3 is 2.86 bits per heavy atom. The maximum atomic E-state index is 10.7. The Balaban J connectivity index is 1.86. The first kappa shape index (κ1) is 9.61. The highest BCUT2D eigenvalue weighted by Crippen LogP contribution is 2.25. The Hall–Kier alpha value is -0.940. The average Bonchev–Trinajstić information content (AvgIpc) is 2.50. The molecule has 2 heterocycles. The van der Waals surface area contributed by atoms with Crippen molar-refractivity contribution in [3.63, 3.8) is 0 Å². The molecule has 0 atom stereocenters. The van der Waals surface area contributed by atoms with Gasteiger partial charge in [-0.15, -0.1) is 0 Å². The number of furan rings is 1. The van der Waals surface area contributed by atoms with Gasteiger partial charge in [0.2, 0.25) is 0 Å². The van der Waals surface area contributed by atoms with Gasteiger partial charge in [-0.25, -0.2) is 0 Å². The molecule has 1 aromatic heterocycles. The molecule has 2 N–H and O–H groups in total. The van der Waals surface area contributed by atoms with Gasteiger partial charge >= 0.3 is 0 Å². The summed E-state index contributed by atoms with van der Waals surface area (Å²) >= 11 is 1.59. The summed E-state index contributed by atoms with van der Waals surface area (Å²) in [6, 6.07) is 3.37. The van der Waals surface area contributed by atoms with Crippen molar-refractivity contribution in [3.05, 3.63) is 17.9 Å². The standard InChI is InChI=1S/C9H11NO3S/c10-9(11)7-1-2-8(13-7)14-5-6-3-12-4-6/h1-2,6H,3-5H2,(H2,10,11). The molecule has 14 heavy (non-hydrogen) atoms. The molecule has 5 heteroatoms. The highest BCUT2D eigenvalue weighted by Gasteiger charge is 2.19. The van der Waals surface area contributed by atoms with Gasteiger partial charge in [0, 0.05) is 11.7 Å². The van der Waals surface area contributed by atoms with Gasteiger partial charge in [0.25, 0.3) is 5.91 Å². The molecule has 0 radical (unpaired) electrons. The summed E-state index contributed by atoms with van der Waals surface area (Å²) in [5.41, 5.74) is 5.06. The summed E-state index contributed by atoms with van der Waals surface area (Å²) in [7, 11) is 0. The fourth-order valence-corrected chi connectivity index (χ4v) is 2.02. The molecular weight excluding hydrogens is 202 g/mol. The van der Waals surface area contributed by atoms with E-state index in [9.17, 15) is 4.79 Å². The molecule has 1 saturated heterocycles. The Bertz CT molecular complexity index is 333. The molecule has 0 aromatic carbocycles. The molecule has 0 unspecified atom stereocenters. The highest BCUT2D eigenvalue weighted by molar-refractivity contribution is 7.99. The summed E-state index contributed by atoms with van der Waals surface area (Å²) in [5.74, 6) is 1.27. The number of nitrogens with two attached hydrogens (primary N) is 1. The van der Waals surface area contributed by atoms with Gasteiger partial charge in [0.05, 0.1) is 13.2 Å². The van der Waals surface area contributed by atoms with Crippen LogP contribution in [0.2, 0.25) is 0 Å². The monoisotopic (exact) mass is 213 g/mol. The fourth-order valence-electron chi connectivity index (χ4n) is 1.11. The van der Waals surface area contributed by atoms with E-state index < -0.39 is 5.91 Å². The van der Waals surface area contributed by atoms with Crippen LogP contribution in [-0.2, 0) is 4.74 Å². The van der Waals surface area contributed by atoms with Crippen LogP contribution in [0.3, 0.4) is 0 Å². The van der Waals surface area contributed by atoms with Crippen LogP contribution in [0.25, 0.3) is 0 Å². The third-order valence-corrected chi connectivity index (χ3v) is 3.13. The van der Waals surface area contributed by atoms with Crippen molar-refractivity contribution in [2.24, 2.45) is 11.7 Å². The summed E-state index contributed by atoms with van der Waals surface area (Å²) in [4.78, 5) is 10.7. The molecule has 1 aliphatic rings. The summed E-state index contributed by atoms with van der Waals surface area (Å²) in [6.45, 7) is 1.66. The SMILES string of the molecule is NC(=O)c1ccc(SCC2COC2)o1. The second kappa shape index (κ2) is 4.06. The number of thioether (sulfide) groups is 1. The van der Waals surface area contributed by atoms with Gasteiger partial charge in [-0.2, -0.15) is 0 Å². The molecule has 0 spiro atoms. The number of amides is 1. The Labute approximate surface area is 85.8 Å². The number of carbonyl (C=O) groups is 1. The van der Waals surface area contributed by atoms with Gasteiger partial charge in [0.15, 0.2) is 10.9 Å². The molecule has 1 aromatic rings. The lowest BCUT2D eigenvalue weighted by Crippen LogP contribution is -2.29. The van der Waals surface area contributed by atoms with Gasteiger partial charge in [-0.1, -0.05) is 11.8 Å². The van der Waals surface area contributed by atoms with Gasteiger partial charge in [-0.05, 0) is 12.1 Å². The zero-order valence-corrected chi connectivity index (χ0v) is 8.38. The lowest BCUT2D eigenvalue weighted by molar-refractivity contribution is -0.0197.